The predicted molar refractivity (Wildman–Crippen MR) is 96.1 cm³/mol. The van der Waals surface area contributed by atoms with Crippen LogP contribution in [0, 0.1) is 0 Å². The first-order valence-corrected chi connectivity index (χ1v) is 8.01. The lowest BCUT2D eigenvalue weighted by Gasteiger charge is -2.21. The zero-order valence-electron chi connectivity index (χ0n) is 12.9. The smallest absolute Gasteiger partial charge is 0.198 e. The van der Waals surface area contributed by atoms with E-state index in [0.29, 0.717) is 21.8 Å². The van der Waals surface area contributed by atoms with Gasteiger partial charge in [-0.2, -0.15) is 0 Å². The van der Waals surface area contributed by atoms with E-state index in [2.05, 4.69) is 5.32 Å². The minimum Gasteiger partial charge on any atom is -0.507 e. The number of nitrogens with one attached hydrogen (secondary N) is 1. The Kier molecular flexibility index (Phi) is 3.55. The first-order valence-electron chi connectivity index (χ1n) is 7.63. The third kappa shape index (κ3) is 2.47. The van der Waals surface area contributed by atoms with Gasteiger partial charge in [0.2, 0.25) is 0 Å². The number of anilines is 2. The predicted octanol–water partition coefficient (Wildman–Crippen LogP) is 4.56. The van der Waals surface area contributed by atoms with Gasteiger partial charge in [0.15, 0.2) is 11.6 Å². The van der Waals surface area contributed by atoms with Crippen molar-refractivity contribution < 1.29 is 14.7 Å². The van der Waals surface area contributed by atoms with Gasteiger partial charge in [0.05, 0.1) is 16.8 Å². The number of hydrogen-bond donors (Lipinski definition) is 2. The normalized spacial score (nSPS) is 12.5. The van der Waals surface area contributed by atoms with E-state index in [-0.39, 0.29) is 28.4 Å². The fraction of sp³-hybridized carbons (Fsp3) is 0. The van der Waals surface area contributed by atoms with Crippen LogP contribution in [-0.4, -0.2) is 16.7 Å². The number of hydrogen-bond acceptors (Lipinski definition) is 4. The Morgan fingerprint density at radius 2 is 1.36 bits per heavy atom. The number of carbonyl (C=O) groups is 2. The molecule has 1 aliphatic carbocycles. The van der Waals surface area contributed by atoms with Crippen molar-refractivity contribution in [1.29, 1.82) is 0 Å². The van der Waals surface area contributed by atoms with Crippen LogP contribution in [0.25, 0.3) is 0 Å². The molecule has 4 rings (SSSR count). The molecule has 0 heterocycles. The van der Waals surface area contributed by atoms with Gasteiger partial charge in [-0.1, -0.05) is 35.9 Å². The van der Waals surface area contributed by atoms with Gasteiger partial charge in [-0.25, -0.2) is 0 Å². The number of fused-ring (bicyclic) bond motifs is 2. The molecular weight excluding hydrogens is 338 g/mol. The van der Waals surface area contributed by atoms with Crippen LogP contribution in [0.3, 0.4) is 0 Å². The lowest BCUT2D eigenvalue weighted by molar-refractivity contribution is 0.0977. The Hall–Kier alpha value is -3.11. The molecular formula is C20H12ClNO3. The Labute approximate surface area is 148 Å². The van der Waals surface area contributed by atoms with Crippen LogP contribution in [0.1, 0.15) is 31.8 Å². The third-order valence-corrected chi connectivity index (χ3v) is 4.43. The molecule has 0 amide bonds. The largest absolute Gasteiger partial charge is 0.507 e. The Bertz CT molecular complexity index is 1030. The second-order valence-corrected chi connectivity index (χ2v) is 6.15. The minimum absolute atomic E-state index is 0.0302. The molecule has 0 atom stereocenters. The van der Waals surface area contributed by atoms with Crippen molar-refractivity contribution >= 4 is 34.5 Å². The highest BCUT2D eigenvalue weighted by atomic mass is 35.5. The number of benzene rings is 3. The molecule has 0 unspecified atom stereocenters. The Morgan fingerprint density at radius 3 is 2.00 bits per heavy atom. The van der Waals surface area contributed by atoms with E-state index in [1.807, 2.05) is 0 Å². The van der Waals surface area contributed by atoms with Crippen LogP contribution in [-0.2, 0) is 0 Å². The monoisotopic (exact) mass is 349 g/mol. The highest BCUT2D eigenvalue weighted by Gasteiger charge is 2.33. The maximum Gasteiger partial charge on any atom is 0.198 e. The number of carbonyl (C=O) groups excluding carboxylic acids is 2. The van der Waals surface area contributed by atoms with Crippen molar-refractivity contribution in [2.75, 3.05) is 5.32 Å². The number of ketones is 2. The van der Waals surface area contributed by atoms with Gasteiger partial charge >= 0.3 is 0 Å². The number of phenolic OH excluding ortho intramolecular Hbond substituents is 1. The standard InChI is InChI=1S/C20H12ClNO3/c21-11-5-7-12(8-6-11)22-15-9-10-16(23)18-17(15)19(24)13-3-1-2-4-14(13)20(18)25/h1-10,22-23H. The van der Waals surface area contributed by atoms with E-state index in [0.717, 1.165) is 5.69 Å². The second-order valence-electron chi connectivity index (χ2n) is 5.72. The highest BCUT2D eigenvalue weighted by Crippen LogP contribution is 2.38. The van der Waals surface area contributed by atoms with Crippen LogP contribution in [0.4, 0.5) is 11.4 Å². The van der Waals surface area contributed by atoms with Crippen LogP contribution >= 0.6 is 11.6 Å². The van der Waals surface area contributed by atoms with Crippen LogP contribution in [0.15, 0.2) is 60.7 Å². The van der Waals surface area contributed by atoms with E-state index >= 15 is 0 Å². The molecule has 0 fully saturated rings. The van der Waals surface area contributed by atoms with Crippen LogP contribution < -0.4 is 5.32 Å². The first-order chi connectivity index (χ1) is 12.1. The summed E-state index contributed by atoms with van der Waals surface area (Å²) >= 11 is 5.89. The summed E-state index contributed by atoms with van der Waals surface area (Å²) in [6.07, 6.45) is 0. The summed E-state index contributed by atoms with van der Waals surface area (Å²) in [7, 11) is 0. The SMILES string of the molecule is O=C1c2ccccc2C(=O)c2c(Nc3ccc(Cl)cc3)ccc(O)c21. The van der Waals surface area contributed by atoms with E-state index in [9.17, 15) is 14.7 Å². The average Bonchev–Trinajstić information content (AvgIpc) is 2.63. The van der Waals surface area contributed by atoms with E-state index in [1.165, 1.54) is 6.07 Å². The number of phenols is 1. The number of aromatic hydroxyl groups is 1. The summed E-state index contributed by atoms with van der Waals surface area (Å²) in [5.74, 6) is -0.857. The van der Waals surface area contributed by atoms with Crippen molar-refractivity contribution in [3.05, 3.63) is 87.9 Å². The molecule has 5 heteroatoms. The lowest BCUT2D eigenvalue weighted by Crippen LogP contribution is -2.22. The summed E-state index contributed by atoms with van der Waals surface area (Å²) in [5.41, 5.74) is 2.03. The van der Waals surface area contributed by atoms with Gasteiger partial charge in [-0.3, -0.25) is 9.59 Å². The van der Waals surface area contributed by atoms with Crippen molar-refractivity contribution in [3.8, 4) is 5.75 Å². The summed E-state index contributed by atoms with van der Waals surface area (Å²) in [4.78, 5) is 25.7. The molecule has 3 aromatic carbocycles. The summed E-state index contributed by atoms with van der Waals surface area (Å²) in [6.45, 7) is 0. The van der Waals surface area contributed by atoms with Crippen molar-refractivity contribution in [1.82, 2.24) is 0 Å². The van der Waals surface area contributed by atoms with Crippen LogP contribution in [0.5, 0.6) is 5.75 Å². The third-order valence-electron chi connectivity index (χ3n) is 4.18. The van der Waals surface area contributed by atoms with Crippen molar-refractivity contribution in [3.63, 3.8) is 0 Å². The molecule has 0 radical (unpaired) electrons. The summed E-state index contributed by atoms with van der Waals surface area (Å²) in [6, 6.07) is 16.6. The topological polar surface area (TPSA) is 66.4 Å². The maximum absolute atomic E-state index is 12.9. The van der Waals surface area contributed by atoms with E-state index in [4.69, 9.17) is 11.6 Å². The van der Waals surface area contributed by atoms with Crippen LogP contribution in [0.2, 0.25) is 5.02 Å². The van der Waals surface area contributed by atoms with E-state index in [1.54, 1.807) is 54.6 Å². The Morgan fingerprint density at radius 1 is 0.760 bits per heavy atom. The number of halogens is 1. The molecule has 25 heavy (non-hydrogen) atoms. The van der Waals surface area contributed by atoms with Gasteiger partial charge in [-0.05, 0) is 36.4 Å². The highest BCUT2D eigenvalue weighted by molar-refractivity contribution is 6.31. The maximum atomic E-state index is 12.9. The summed E-state index contributed by atoms with van der Waals surface area (Å²) < 4.78 is 0. The molecule has 0 saturated heterocycles. The lowest BCUT2D eigenvalue weighted by atomic mass is 9.82. The van der Waals surface area contributed by atoms with Gasteiger partial charge in [0, 0.05) is 21.8 Å². The van der Waals surface area contributed by atoms with Gasteiger partial charge in [0.25, 0.3) is 0 Å². The minimum atomic E-state index is -0.359. The number of rotatable bonds is 2. The molecule has 122 valence electrons. The molecule has 1 aliphatic rings. The fourth-order valence-corrected chi connectivity index (χ4v) is 3.12. The Balaban J connectivity index is 1.88. The molecule has 0 spiro atoms. The zero-order chi connectivity index (χ0) is 17.6. The fourth-order valence-electron chi connectivity index (χ4n) is 3.00. The van der Waals surface area contributed by atoms with Gasteiger partial charge in [-0.15, -0.1) is 0 Å². The van der Waals surface area contributed by atoms with Gasteiger partial charge in [0.1, 0.15) is 5.75 Å². The van der Waals surface area contributed by atoms with E-state index < -0.39 is 0 Å². The molecule has 0 aromatic heterocycles. The van der Waals surface area contributed by atoms with Crippen molar-refractivity contribution in [2.45, 2.75) is 0 Å². The first kappa shape index (κ1) is 15.4. The quantitative estimate of drug-likeness (QED) is 0.520. The molecule has 4 nitrogen and oxygen atoms in total. The van der Waals surface area contributed by atoms with Crippen molar-refractivity contribution in [2.24, 2.45) is 0 Å². The summed E-state index contributed by atoms with van der Waals surface area (Å²) in [5, 5.41) is 13.9. The molecule has 0 bridgehead atoms. The average molecular weight is 350 g/mol. The zero-order valence-corrected chi connectivity index (χ0v) is 13.7. The second kappa shape index (κ2) is 5.76. The molecule has 0 saturated carbocycles. The van der Waals surface area contributed by atoms with Gasteiger partial charge < -0.3 is 10.4 Å². The molecule has 3 aromatic rings. The molecule has 2 N–H and O–H groups in total. The molecule has 0 aliphatic heterocycles.